The van der Waals surface area contributed by atoms with Gasteiger partial charge in [0.15, 0.2) is 0 Å². The van der Waals surface area contributed by atoms with Crippen molar-refractivity contribution in [2.75, 3.05) is 6.61 Å². The van der Waals surface area contributed by atoms with Crippen molar-refractivity contribution in [2.45, 2.75) is 12.6 Å². The summed E-state index contributed by atoms with van der Waals surface area (Å²) >= 11 is 0. The van der Waals surface area contributed by atoms with Gasteiger partial charge >= 0.3 is 0 Å². The van der Waals surface area contributed by atoms with Crippen LogP contribution < -0.4 is 5.73 Å². The van der Waals surface area contributed by atoms with Crippen LogP contribution in [0, 0.1) is 0 Å². The summed E-state index contributed by atoms with van der Waals surface area (Å²) in [6.45, 7) is 0.779. The minimum atomic E-state index is -0.510. The Labute approximate surface area is 77.5 Å². The van der Waals surface area contributed by atoms with Crippen LogP contribution in [0.4, 0.5) is 0 Å². The van der Waals surface area contributed by atoms with E-state index >= 15 is 0 Å². The molecule has 1 atom stereocenters. The van der Waals surface area contributed by atoms with Crippen LogP contribution in [0.15, 0.2) is 30.3 Å². The lowest BCUT2D eigenvalue weighted by molar-refractivity contribution is -0.110. The van der Waals surface area contributed by atoms with E-state index in [2.05, 4.69) is 0 Å². The largest absolute Gasteiger partial charge is 0.375 e. The Morgan fingerprint density at radius 2 is 2.08 bits per heavy atom. The number of rotatable bonds is 5. The standard InChI is InChI=1S/C10H13NO2/c11-10(6-12)8-13-7-9-4-2-1-3-5-9/h1-6,10H,7-8,11H2/t10-/m1/s1. The normalized spacial score (nSPS) is 12.4. The number of carbonyl (C=O) groups is 1. The van der Waals surface area contributed by atoms with E-state index in [-0.39, 0.29) is 6.61 Å². The van der Waals surface area contributed by atoms with Gasteiger partial charge in [-0.15, -0.1) is 0 Å². The highest BCUT2D eigenvalue weighted by molar-refractivity contribution is 5.57. The fraction of sp³-hybridized carbons (Fsp3) is 0.300. The van der Waals surface area contributed by atoms with E-state index in [0.29, 0.717) is 12.9 Å². The molecule has 0 aliphatic heterocycles. The van der Waals surface area contributed by atoms with Gasteiger partial charge < -0.3 is 15.3 Å². The molecular formula is C10H13NO2. The van der Waals surface area contributed by atoms with Crippen LogP contribution in [0.3, 0.4) is 0 Å². The molecule has 0 aliphatic carbocycles. The minimum absolute atomic E-state index is 0.276. The van der Waals surface area contributed by atoms with Crippen LogP contribution in [-0.2, 0) is 16.1 Å². The highest BCUT2D eigenvalue weighted by Gasteiger charge is 1.99. The third-order valence-corrected chi connectivity index (χ3v) is 1.60. The Morgan fingerprint density at radius 1 is 1.38 bits per heavy atom. The molecule has 0 radical (unpaired) electrons. The Hall–Kier alpha value is -1.19. The van der Waals surface area contributed by atoms with Gasteiger partial charge in [0.1, 0.15) is 6.29 Å². The Kier molecular flexibility index (Phi) is 4.15. The van der Waals surface area contributed by atoms with E-state index in [1.54, 1.807) is 0 Å². The quantitative estimate of drug-likeness (QED) is 0.678. The molecule has 2 N–H and O–H groups in total. The van der Waals surface area contributed by atoms with Gasteiger partial charge in [0, 0.05) is 0 Å². The van der Waals surface area contributed by atoms with E-state index in [4.69, 9.17) is 10.5 Å². The molecule has 0 fully saturated rings. The van der Waals surface area contributed by atoms with Gasteiger partial charge in [0.25, 0.3) is 0 Å². The monoisotopic (exact) mass is 179 g/mol. The van der Waals surface area contributed by atoms with E-state index in [1.165, 1.54) is 0 Å². The number of nitrogens with two attached hydrogens (primary N) is 1. The molecule has 13 heavy (non-hydrogen) atoms. The molecule has 0 aromatic heterocycles. The van der Waals surface area contributed by atoms with Crippen molar-refractivity contribution in [3.63, 3.8) is 0 Å². The lowest BCUT2D eigenvalue weighted by Crippen LogP contribution is -2.27. The fourth-order valence-electron chi connectivity index (χ4n) is 0.926. The molecule has 3 nitrogen and oxygen atoms in total. The second-order valence-electron chi connectivity index (χ2n) is 2.80. The van der Waals surface area contributed by atoms with Crippen molar-refractivity contribution in [3.8, 4) is 0 Å². The van der Waals surface area contributed by atoms with Gasteiger partial charge in [-0.05, 0) is 5.56 Å². The first-order chi connectivity index (χ1) is 6.33. The predicted molar refractivity (Wildman–Crippen MR) is 50.1 cm³/mol. The highest BCUT2D eigenvalue weighted by atomic mass is 16.5. The predicted octanol–water partition coefficient (Wildman–Crippen LogP) is 0.729. The van der Waals surface area contributed by atoms with Crippen LogP contribution in [0.25, 0.3) is 0 Å². The molecule has 0 bridgehead atoms. The maximum absolute atomic E-state index is 10.1. The molecular weight excluding hydrogens is 166 g/mol. The zero-order valence-electron chi connectivity index (χ0n) is 7.35. The van der Waals surface area contributed by atoms with E-state index in [0.717, 1.165) is 5.56 Å². The molecule has 1 aromatic rings. The van der Waals surface area contributed by atoms with Crippen molar-refractivity contribution in [2.24, 2.45) is 5.73 Å². The van der Waals surface area contributed by atoms with Crippen molar-refractivity contribution in [1.82, 2.24) is 0 Å². The topological polar surface area (TPSA) is 52.3 Å². The van der Waals surface area contributed by atoms with E-state index < -0.39 is 6.04 Å². The molecule has 0 unspecified atom stereocenters. The summed E-state index contributed by atoms with van der Waals surface area (Å²) in [6.07, 6.45) is 0.686. The van der Waals surface area contributed by atoms with E-state index in [9.17, 15) is 4.79 Å². The maximum Gasteiger partial charge on any atom is 0.139 e. The molecule has 0 heterocycles. The van der Waals surface area contributed by atoms with Crippen LogP contribution in [0.5, 0.6) is 0 Å². The van der Waals surface area contributed by atoms with Crippen LogP contribution >= 0.6 is 0 Å². The molecule has 1 rings (SSSR count). The summed E-state index contributed by atoms with van der Waals surface area (Å²) in [7, 11) is 0. The van der Waals surface area contributed by atoms with Crippen molar-refractivity contribution in [1.29, 1.82) is 0 Å². The van der Waals surface area contributed by atoms with Gasteiger partial charge in [-0.2, -0.15) is 0 Å². The second-order valence-corrected chi connectivity index (χ2v) is 2.80. The molecule has 0 amide bonds. The number of carbonyl (C=O) groups excluding carboxylic acids is 1. The zero-order chi connectivity index (χ0) is 9.52. The number of aldehydes is 1. The van der Waals surface area contributed by atoms with Crippen molar-refractivity contribution >= 4 is 6.29 Å². The average Bonchev–Trinajstić information content (AvgIpc) is 2.19. The summed E-state index contributed by atoms with van der Waals surface area (Å²) in [5.41, 5.74) is 6.43. The van der Waals surface area contributed by atoms with Crippen LogP contribution in [0.1, 0.15) is 5.56 Å². The van der Waals surface area contributed by atoms with Crippen molar-refractivity contribution < 1.29 is 9.53 Å². The molecule has 0 saturated heterocycles. The lowest BCUT2D eigenvalue weighted by atomic mass is 10.2. The van der Waals surface area contributed by atoms with Gasteiger partial charge in [0.05, 0.1) is 19.3 Å². The van der Waals surface area contributed by atoms with Crippen LogP contribution in [0.2, 0.25) is 0 Å². The molecule has 0 spiro atoms. The first-order valence-electron chi connectivity index (χ1n) is 4.15. The average molecular weight is 179 g/mol. The maximum atomic E-state index is 10.1. The van der Waals surface area contributed by atoms with Gasteiger partial charge in [0.2, 0.25) is 0 Å². The summed E-state index contributed by atoms with van der Waals surface area (Å²) < 4.78 is 5.22. The number of hydrogen-bond acceptors (Lipinski definition) is 3. The zero-order valence-corrected chi connectivity index (χ0v) is 7.35. The highest BCUT2D eigenvalue weighted by Crippen LogP contribution is 1.99. The third-order valence-electron chi connectivity index (χ3n) is 1.60. The summed E-state index contributed by atoms with van der Waals surface area (Å²) in [6, 6.07) is 9.25. The summed E-state index contributed by atoms with van der Waals surface area (Å²) in [5.74, 6) is 0. The van der Waals surface area contributed by atoms with Gasteiger partial charge in [-0.25, -0.2) is 0 Å². The number of hydrogen-bond donors (Lipinski definition) is 1. The fourth-order valence-corrected chi connectivity index (χ4v) is 0.926. The number of benzene rings is 1. The Balaban J connectivity index is 2.24. The van der Waals surface area contributed by atoms with Crippen molar-refractivity contribution in [3.05, 3.63) is 35.9 Å². The van der Waals surface area contributed by atoms with Crippen LogP contribution in [-0.4, -0.2) is 18.9 Å². The molecule has 1 aromatic carbocycles. The molecule has 3 heteroatoms. The minimum Gasteiger partial charge on any atom is -0.375 e. The van der Waals surface area contributed by atoms with E-state index in [1.807, 2.05) is 30.3 Å². The second kappa shape index (κ2) is 5.45. The van der Waals surface area contributed by atoms with Gasteiger partial charge in [-0.1, -0.05) is 30.3 Å². The molecule has 0 saturated carbocycles. The lowest BCUT2D eigenvalue weighted by Gasteiger charge is -2.05. The molecule has 70 valence electrons. The SMILES string of the molecule is N[C@H](C=O)COCc1ccccc1. The summed E-state index contributed by atoms with van der Waals surface area (Å²) in [4.78, 5) is 10.1. The third kappa shape index (κ3) is 3.83. The number of ether oxygens (including phenoxy) is 1. The molecule has 0 aliphatic rings. The Morgan fingerprint density at radius 3 is 2.69 bits per heavy atom. The first-order valence-corrected chi connectivity index (χ1v) is 4.15. The Bertz CT molecular complexity index is 248. The smallest absolute Gasteiger partial charge is 0.139 e. The first kappa shape index (κ1) is 9.89. The summed E-state index contributed by atoms with van der Waals surface area (Å²) in [5, 5.41) is 0. The van der Waals surface area contributed by atoms with Gasteiger partial charge in [-0.3, -0.25) is 0 Å².